The minimum Gasteiger partial charge on any atom is -0.497 e. The van der Waals surface area contributed by atoms with Crippen LogP contribution in [0.25, 0.3) is 17.0 Å². The van der Waals surface area contributed by atoms with Crippen molar-refractivity contribution in [1.29, 1.82) is 0 Å². The summed E-state index contributed by atoms with van der Waals surface area (Å²) in [5.41, 5.74) is 4.59. The largest absolute Gasteiger partial charge is 0.497 e. The molecule has 1 aliphatic rings. The number of carbonyl (C=O) groups is 1. The number of benzene rings is 2. The quantitative estimate of drug-likeness (QED) is 0.403. The van der Waals surface area contributed by atoms with E-state index in [1.54, 1.807) is 12.0 Å². The number of allylic oxidation sites excluding steroid dienone is 1. The summed E-state index contributed by atoms with van der Waals surface area (Å²) in [6.07, 6.45) is 1.67. The van der Waals surface area contributed by atoms with Gasteiger partial charge in [0, 0.05) is 31.0 Å². The lowest BCUT2D eigenvalue weighted by molar-refractivity contribution is 0.136. The predicted molar refractivity (Wildman–Crippen MR) is 134 cm³/mol. The molecule has 2 aromatic carbocycles. The highest BCUT2D eigenvalue weighted by Gasteiger charge is 2.35. The highest BCUT2D eigenvalue weighted by Crippen LogP contribution is 2.37. The molecule has 8 heteroatoms. The predicted octanol–water partition coefficient (Wildman–Crippen LogP) is 5.23. The van der Waals surface area contributed by atoms with Crippen LogP contribution in [0.2, 0.25) is 0 Å². The van der Waals surface area contributed by atoms with Gasteiger partial charge in [-0.05, 0) is 62.1 Å². The summed E-state index contributed by atoms with van der Waals surface area (Å²) in [5, 5.41) is 7.37. The van der Waals surface area contributed by atoms with Crippen LogP contribution in [0.4, 0.5) is 4.79 Å². The second kappa shape index (κ2) is 11.2. The van der Waals surface area contributed by atoms with Crippen LogP contribution >= 0.6 is 0 Å². The molecule has 0 radical (unpaired) electrons. The van der Waals surface area contributed by atoms with Gasteiger partial charge in [0.05, 0.1) is 18.7 Å². The molecule has 1 aromatic heterocycles. The Labute approximate surface area is 205 Å². The molecule has 1 atom stereocenters. The standard InChI is InChI=1S/C27H32N4O4/c1-5-19-8-10-20(11-9-19)24-23(18(3)31(27(32)28-24)16-7-17-34-6-2)26-29-25(30-35-26)21-12-14-22(33-4)15-13-21/h8-15,24H,5-7,16-17H2,1-4H3,(H,28,32). The van der Waals surface area contributed by atoms with Gasteiger partial charge in [0.1, 0.15) is 5.75 Å². The molecule has 2 amide bonds. The molecule has 1 aliphatic heterocycles. The SMILES string of the molecule is CCOCCCN1C(=O)NC(c2ccc(CC)cc2)C(c2nc(-c3ccc(OC)cc3)no2)=C1C. The number of nitrogens with zero attached hydrogens (tertiary/aromatic N) is 3. The minimum absolute atomic E-state index is 0.151. The number of aromatic nitrogens is 2. The van der Waals surface area contributed by atoms with Gasteiger partial charge in [-0.15, -0.1) is 0 Å². The first kappa shape index (κ1) is 24.5. The van der Waals surface area contributed by atoms with E-state index in [0.717, 1.165) is 41.0 Å². The van der Waals surface area contributed by atoms with Gasteiger partial charge in [-0.3, -0.25) is 4.90 Å². The van der Waals surface area contributed by atoms with Gasteiger partial charge < -0.3 is 19.3 Å². The van der Waals surface area contributed by atoms with E-state index in [-0.39, 0.29) is 6.03 Å². The van der Waals surface area contributed by atoms with Crippen molar-refractivity contribution in [2.75, 3.05) is 26.9 Å². The molecular formula is C27H32N4O4. The fraction of sp³-hybridized carbons (Fsp3) is 0.370. The fourth-order valence-electron chi connectivity index (χ4n) is 4.18. The van der Waals surface area contributed by atoms with E-state index in [2.05, 4.69) is 29.5 Å². The number of aryl methyl sites for hydroxylation is 1. The zero-order valence-corrected chi connectivity index (χ0v) is 20.7. The maximum Gasteiger partial charge on any atom is 0.322 e. The molecule has 0 fully saturated rings. The van der Waals surface area contributed by atoms with Gasteiger partial charge in [0.2, 0.25) is 5.82 Å². The van der Waals surface area contributed by atoms with Gasteiger partial charge in [-0.1, -0.05) is 36.3 Å². The monoisotopic (exact) mass is 476 g/mol. The number of nitrogens with one attached hydrogen (secondary N) is 1. The third-order valence-corrected chi connectivity index (χ3v) is 6.20. The van der Waals surface area contributed by atoms with E-state index in [1.165, 1.54) is 5.56 Å². The van der Waals surface area contributed by atoms with Crippen LogP contribution in [0.1, 0.15) is 50.3 Å². The summed E-state index contributed by atoms with van der Waals surface area (Å²) < 4.78 is 16.5. The third-order valence-electron chi connectivity index (χ3n) is 6.20. The molecule has 1 unspecified atom stereocenters. The number of urea groups is 1. The summed E-state index contributed by atoms with van der Waals surface area (Å²) in [7, 11) is 1.63. The van der Waals surface area contributed by atoms with E-state index >= 15 is 0 Å². The van der Waals surface area contributed by atoms with Crippen molar-refractivity contribution in [1.82, 2.24) is 20.4 Å². The Bertz CT molecular complexity index is 1170. The molecule has 0 spiro atoms. The number of methoxy groups -OCH3 is 1. The lowest BCUT2D eigenvalue weighted by Gasteiger charge is -2.35. The fourth-order valence-corrected chi connectivity index (χ4v) is 4.18. The molecule has 0 saturated heterocycles. The Morgan fingerprint density at radius 3 is 2.49 bits per heavy atom. The second-order valence-corrected chi connectivity index (χ2v) is 8.33. The number of hydrogen-bond acceptors (Lipinski definition) is 6. The Balaban J connectivity index is 1.71. The van der Waals surface area contributed by atoms with E-state index < -0.39 is 6.04 Å². The smallest absolute Gasteiger partial charge is 0.322 e. The third kappa shape index (κ3) is 5.38. The summed E-state index contributed by atoms with van der Waals surface area (Å²) >= 11 is 0. The van der Waals surface area contributed by atoms with Gasteiger partial charge >= 0.3 is 6.03 Å². The average Bonchev–Trinajstić information content (AvgIpc) is 3.37. The molecule has 0 saturated carbocycles. The van der Waals surface area contributed by atoms with Crippen molar-refractivity contribution in [3.05, 3.63) is 71.2 Å². The molecule has 184 valence electrons. The molecule has 2 heterocycles. The number of carbonyl (C=O) groups excluding carboxylic acids is 1. The molecule has 3 aromatic rings. The topological polar surface area (TPSA) is 89.7 Å². The van der Waals surface area contributed by atoms with Gasteiger partial charge in [0.15, 0.2) is 0 Å². The zero-order valence-electron chi connectivity index (χ0n) is 20.7. The van der Waals surface area contributed by atoms with E-state index in [9.17, 15) is 4.79 Å². The Kier molecular flexibility index (Phi) is 7.82. The number of amides is 2. The Morgan fingerprint density at radius 1 is 1.09 bits per heavy atom. The van der Waals surface area contributed by atoms with Crippen LogP contribution in [0.15, 0.2) is 58.8 Å². The van der Waals surface area contributed by atoms with Crippen molar-refractivity contribution < 1.29 is 18.8 Å². The summed E-state index contributed by atoms with van der Waals surface area (Å²) in [4.78, 5) is 19.5. The second-order valence-electron chi connectivity index (χ2n) is 8.33. The number of hydrogen-bond donors (Lipinski definition) is 1. The van der Waals surface area contributed by atoms with E-state index in [1.807, 2.05) is 50.2 Å². The lowest BCUT2D eigenvalue weighted by atomic mass is 9.93. The van der Waals surface area contributed by atoms with Crippen LogP contribution in [-0.4, -0.2) is 47.9 Å². The maximum absolute atomic E-state index is 13.1. The van der Waals surface area contributed by atoms with Crippen LogP contribution < -0.4 is 10.1 Å². The van der Waals surface area contributed by atoms with Crippen molar-refractivity contribution >= 4 is 11.6 Å². The molecular weight excluding hydrogens is 444 g/mol. The van der Waals surface area contributed by atoms with Crippen LogP contribution in [-0.2, 0) is 11.2 Å². The average molecular weight is 477 g/mol. The Morgan fingerprint density at radius 2 is 1.83 bits per heavy atom. The van der Waals surface area contributed by atoms with Crippen molar-refractivity contribution in [2.45, 2.75) is 39.7 Å². The van der Waals surface area contributed by atoms with Crippen LogP contribution in [0.5, 0.6) is 5.75 Å². The maximum atomic E-state index is 13.1. The zero-order chi connectivity index (χ0) is 24.8. The number of rotatable bonds is 10. The highest BCUT2D eigenvalue weighted by atomic mass is 16.5. The first-order valence-electron chi connectivity index (χ1n) is 12.0. The summed E-state index contributed by atoms with van der Waals surface area (Å²) in [5.74, 6) is 1.61. The van der Waals surface area contributed by atoms with Gasteiger partial charge in [0.25, 0.3) is 5.89 Å². The minimum atomic E-state index is -0.402. The van der Waals surface area contributed by atoms with Crippen molar-refractivity contribution in [2.24, 2.45) is 0 Å². The summed E-state index contributed by atoms with van der Waals surface area (Å²) in [6.45, 7) is 7.78. The molecule has 35 heavy (non-hydrogen) atoms. The molecule has 0 aliphatic carbocycles. The molecule has 0 bridgehead atoms. The normalized spacial score (nSPS) is 15.9. The first-order valence-corrected chi connectivity index (χ1v) is 12.0. The first-order chi connectivity index (χ1) is 17.0. The van der Waals surface area contributed by atoms with E-state index in [0.29, 0.717) is 31.5 Å². The van der Waals surface area contributed by atoms with Crippen LogP contribution in [0, 0.1) is 0 Å². The molecule has 4 rings (SSSR count). The van der Waals surface area contributed by atoms with Crippen LogP contribution in [0.3, 0.4) is 0 Å². The van der Waals surface area contributed by atoms with E-state index in [4.69, 9.17) is 19.0 Å². The van der Waals surface area contributed by atoms with Gasteiger partial charge in [-0.2, -0.15) is 4.98 Å². The molecule has 1 N–H and O–H groups in total. The highest BCUT2D eigenvalue weighted by molar-refractivity contribution is 5.86. The lowest BCUT2D eigenvalue weighted by Crippen LogP contribution is -2.46. The summed E-state index contributed by atoms with van der Waals surface area (Å²) in [6, 6.07) is 15.2. The van der Waals surface area contributed by atoms with Gasteiger partial charge in [-0.25, -0.2) is 4.79 Å². The van der Waals surface area contributed by atoms with Crippen molar-refractivity contribution in [3.63, 3.8) is 0 Å². The van der Waals surface area contributed by atoms with Crippen molar-refractivity contribution in [3.8, 4) is 17.1 Å². The molecule has 8 nitrogen and oxygen atoms in total. The Hall–Kier alpha value is -3.65. The number of ether oxygens (including phenoxy) is 2.